The van der Waals surface area contributed by atoms with E-state index in [-0.39, 0.29) is 29.2 Å². The van der Waals surface area contributed by atoms with Crippen LogP contribution in [0.4, 0.5) is 15.2 Å². The van der Waals surface area contributed by atoms with Crippen molar-refractivity contribution >= 4 is 49.0 Å². The third kappa shape index (κ3) is 4.87. The number of thiazole rings is 1. The number of fused-ring (bicyclic) bond motifs is 1. The third-order valence-electron chi connectivity index (χ3n) is 6.16. The Hall–Kier alpha value is -3.44. The Kier molecular flexibility index (Phi) is 6.20. The van der Waals surface area contributed by atoms with Gasteiger partial charge in [-0.3, -0.25) is 9.52 Å². The molecule has 0 aliphatic carbocycles. The molecule has 1 fully saturated rings. The predicted molar refractivity (Wildman–Crippen MR) is 135 cm³/mol. The van der Waals surface area contributed by atoms with Crippen LogP contribution in [0, 0.1) is 5.82 Å². The Bertz CT molecular complexity index is 1450. The normalized spacial score (nSPS) is 16.6. The third-order valence-corrected chi connectivity index (χ3v) is 8.33. The molecule has 0 radical (unpaired) electrons. The Morgan fingerprint density at radius 1 is 1.17 bits per heavy atom. The summed E-state index contributed by atoms with van der Waals surface area (Å²) in [5.74, 6) is -0.349. The van der Waals surface area contributed by atoms with Gasteiger partial charge in [0.1, 0.15) is 12.4 Å². The second kappa shape index (κ2) is 9.31. The minimum Gasteiger partial charge on any atom is -0.368 e. The van der Waals surface area contributed by atoms with Gasteiger partial charge in [-0.1, -0.05) is 0 Å². The van der Waals surface area contributed by atoms with Gasteiger partial charge in [0.05, 0.1) is 10.4 Å². The topological polar surface area (TPSA) is 87.5 Å². The minimum atomic E-state index is -3.70. The van der Waals surface area contributed by atoms with Gasteiger partial charge in [-0.15, -0.1) is 11.3 Å². The molecular weight excluding hydrogens is 489 g/mol. The summed E-state index contributed by atoms with van der Waals surface area (Å²) in [7, 11) is -3.70. The number of sulfonamides is 1. The SMILES string of the molecule is CC1CN(c2ccc(S(=O)(=O)Nc3nccs3)cc2)CCN1C(=O)Cn1ccc2ccc(F)cc21. The van der Waals surface area contributed by atoms with Crippen LogP contribution in [0.2, 0.25) is 0 Å². The van der Waals surface area contributed by atoms with Crippen LogP contribution in [0.3, 0.4) is 0 Å². The molecule has 3 heterocycles. The van der Waals surface area contributed by atoms with Crippen molar-refractivity contribution in [2.75, 3.05) is 29.3 Å². The highest BCUT2D eigenvalue weighted by Gasteiger charge is 2.28. The molecule has 4 aromatic rings. The van der Waals surface area contributed by atoms with E-state index >= 15 is 0 Å². The van der Waals surface area contributed by atoms with Gasteiger partial charge < -0.3 is 14.4 Å². The van der Waals surface area contributed by atoms with Crippen LogP contribution in [0.15, 0.2) is 71.2 Å². The molecule has 1 N–H and O–H groups in total. The molecule has 8 nitrogen and oxygen atoms in total. The monoisotopic (exact) mass is 513 g/mol. The summed E-state index contributed by atoms with van der Waals surface area (Å²) in [6, 6.07) is 13.1. The number of nitrogens with zero attached hydrogens (tertiary/aromatic N) is 4. The average molecular weight is 514 g/mol. The van der Waals surface area contributed by atoms with E-state index in [1.807, 2.05) is 24.1 Å². The molecule has 11 heteroatoms. The van der Waals surface area contributed by atoms with Crippen molar-refractivity contribution in [2.45, 2.75) is 24.4 Å². The Morgan fingerprint density at radius 3 is 2.69 bits per heavy atom. The van der Waals surface area contributed by atoms with Crippen LogP contribution in [0.25, 0.3) is 10.9 Å². The lowest BCUT2D eigenvalue weighted by Gasteiger charge is -2.41. The molecule has 2 aromatic carbocycles. The van der Waals surface area contributed by atoms with Gasteiger partial charge in [0.2, 0.25) is 5.91 Å². The fourth-order valence-corrected chi connectivity index (χ4v) is 6.17. The van der Waals surface area contributed by atoms with E-state index in [1.54, 1.807) is 40.3 Å². The summed E-state index contributed by atoms with van der Waals surface area (Å²) in [4.78, 5) is 21.2. The fraction of sp³-hybridized carbons (Fsp3) is 0.250. The summed E-state index contributed by atoms with van der Waals surface area (Å²) in [5, 5.41) is 2.92. The maximum atomic E-state index is 13.7. The second-order valence-corrected chi connectivity index (χ2v) is 11.0. The number of carbonyl (C=O) groups is 1. The molecule has 182 valence electrons. The van der Waals surface area contributed by atoms with Gasteiger partial charge in [-0.25, -0.2) is 17.8 Å². The number of hydrogen-bond donors (Lipinski definition) is 1. The van der Waals surface area contributed by atoms with E-state index in [4.69, 9.17) is 0 Å². The van der Waals surface area contributed by atoms with Crippen LogP contribution < -0.4 is 9.62 Å². The number of halogens is 1. The average Bonchev–Trinajstić information content (AvgIpc) is 3.48. The summed E-state index contributed by atoms with van der Waals surface area (Å²) in [6.45, 7) is 3.93. The first-order valence-corrected chi connectivity index (χ1v) is 13.5. The first-order chi connectivity index (χ1) is 16.8. The van der Waals surface area contributed by atoms with E-state index in [2.05, 4.69) is 14.6 Å². The van der Waals surface area contributed by atoms with Crippen molar-refractivity contribution in [3.8, 4) is 0 Å². The number of piperazine rings is 1. The quantitative estimate of drug-likeness (QED) is 0.424. The molecule has 1 unspecified atom stereocenters. The second-order valence-electron chi connectivity index (χ2n) is 8.47. The standard InChI is InChI=1S/C24H24FN5O3S2/c1-17-15-28(20-4-6-21(7-5-20)35(32,33)27-24-26-9-13-34-24)11-12-30(17)23(31)16-29-10-8-18-2-3-19(25)14-22(18)29/h2-10,13-14,17H,11-12,15-16H2,1H3,(H,26,27). The van der Waals surface area contributed by atoms with Crippen molar-refractivity contribution < 1.29 is 17.6 Å². The number of benzene rings is 2. The maximum Gasteiger partial charge on any atom is 0.263 e. The lowest BCUT2D eigenvalue weighted by Crippen LogP contribution is -2.54. The van der Waals surface area contributed by atoms with Crippen molar-refractivity contribution in [1.82, 2.24) is 14.5 Å². The molecule has 1 atom stereocenters. The highest BCUT2D eigenvalue weighted by Crippen LogP contribution is 2.24. The van der Waals surface area contributed by atoms with E-state index in [0.29, 0.717) is 30.3 Å². The smallest absolute Gasteiger partial charge is 0.263 e. The number of nitrogens with one attached hydrogen (secondary N) is 1. The number of hydrogen-bond acceptors (Lipinski definition) is 6. The highest BCUT2D eigenvalue weighted by atomic mass is 32.2. The number of aromatic nitrogens is 2. The molecule has 1 aliphatic rings. The molecule has 0 spiro atoms. The zero-order valence-electron chi connectivity index (χ0n) is 19.0. The zero-order chi connectivity index (χ0) is 24.6. The highest BCUT2D eigenvalue weighted by molar-refractivity contribution is 7.93. The first-order valence-electron chi connectivity index (χ1n) is 11.1. The Labute approximate surface area is 206 Å². The maximum absolute atomic E-state index is 13.7. The lowest BCUT2D eigenvalue weighted by molar-refractivity contribution is -0.134. The summed E-state index contributed by atoms with van der Waals surface area (Å²) < 4.78 is 43.0. The number of amides is 1. The molecule has 5 rings (SSSR count). The molecule has 1 saturated heterocycles. The molecule has 35 heavy (non-hydrogen) atoms. The summed E-state index contributed by atoms with van der Waals surface area (Å²) in [5.41, 5.74) is 1.59. The molecule has 2 aromatic heterocycles. The van der Waals surface area contributed by atoms with Gasteiger partial charge in [0.25, 0.3) is 10.0 Å². The summed E-state index contributed by atoms with van der Waals surface area (Å²) >= 11 is 1.21. The molecule has 1 aliphatic heterocycles. The van der Waals surface area contributed by atoms with Crippen LogP contribution in [0.5, 0.6) is 0 Å². The van der Waals surface area contributed by atoms with Gasteiger partial charge in [0, 0.05) is 49.1 Å². The predicted octanol–water partition coefficient (Wildman–Crippen LogP) is 3.78. The van der Waals surface area contributed by atoms with E-state index in [0.717, 1.165) is 11.1 Å². The first kappa shape index (κ1) is 23.3. The zero-order valence-corrected chi connectivity index (χ0v) is 20.6. The Morgan fingerprint density at radius 2 is 1.97 bits per heavy atom. The van der Waals surface area contributed by atoms with Crippen molar-refractivity contribution in [3.05, 3.63) is 72.1 Å². The minimum absolute atomic E-state index is 0.0198. The van der Waals surface area contributed by atoms with Crippen LogP contribution in [-0.2, 0) is 21.4 Å². The molecule has 0 bridgehead atoms. The molecular formula is C24H24FN5O3S2. The van der Waals surface area contributed by atoms with Crippen LogP contribution in [-0.4, -0.2) is 54.5 Å². The number of carbonyl (C=O) groups excluding carboxylic acids is 1. The van der Waals surface area contributed by atoms with Crippen LogP contribution in [0.1, 0.15) is 6.92 Å². The van der Waals surface area contributed by atoms with Crippen molar-refractivity contribution in [1.29, 1.82) is 0 Å². The van der Waals surface area contributed by atoms with E-state index in [1.165, 1.54) is 29.7 Å². The fourth-order valence-electron chi connectivity index (χ4n) is 4.38. The van der Waals surface area contributed by atoms with Crippen LogP contribution >= 0.6 is 11.3 Å². The summed E-state index contributed by atoms with van der Waals surface area (Å²) in [6.07, 6.45) is 3.35. The molecule has 0 saturated carbocycles. The lowest BCUT2D eigenvalue weighted by atomic mass is 10.1. The largest absolute Gasteiger partial charge is 0.368 e. The number of anilines is 2. The van der Waals surface area contributed by atoms with Crippen molar-refractivity contribution in [3.63, 3.8) is 0 Å². The van der Waals surface area contributed by atoms with Gasteiger partial charge in [0.15, 0.2) is 5.13 Å². The van der Waals surface area contributed by atoms with E-state index < -0.39 is 10.0 Å². The van der Waals surface area contributed by atoms with Gasteiger partial charge in [-0.05, 0) is 60.8 Å². The van der Waals surface area contributed by atoms with Crippen molar-refractivity contribution in [2.24, 2.45) is 0 Å². The van der Waals surface area contributed by atoms with Gasteiger partial charge in [-0.2, -0.15) is 0 Å². The van der Waals surface area contributed by atoms with Gasteiger partial charge >= 0.3 is 0 Å². The number of rotatable bonds is 6. The van der Waals surface area contributed by atoms with E-state index in [9.17, 15) is 17.6 Å². The molecule has 1 amide bonds. The Balaban J connectivity index is 1.23.